The summed E-state index contributed by atoms with van der Waals surface area (Å²) in [7, 11) is -3.57. The Morgan fingerprint density at radius 2 is 1.88 bits per heavy atom. The summed E-state index contributed by atoms with van der Waals surface area (Å²) in [5, 5.41) is 17.9. The molecule has 0 amide bonds. The van der Waals surface area contributed by atoms with Crippen molar-refractivity contribution in [3.63, 3.8) is 0 Å². The van der Waals surface area contributed by atoms with E-state index in [2.05, 4.69) is 15.0 Å². The fourth-order valence-corrected chi connectivity index (χ4v) is 3.64. The van der Waals surface area contributed by atoms with E-state index < -0.39 is 16.0 Å². The number of nitrogens with zero attached hydrogens (tertiary/aromatic N) is 3. The molecule has 1 heterocycles. The SMILES string of the molecule is O=C(O)c1cn(CCCCNS(=O)(=O)c2ccc3ccccc3c2)nn1. The third kappa shape index (κ3) is 4.24. The van der Waals surface area contributed by atoms with Gasteiger partial charge in [0.1, 0.15) is 0 Å². The minimum absolute atomic E-state index is 0.109. The van der Waals surface area contributed by atoms with Gasteiger partial charge >= 0.3 is 5.97 Å². The quantitative estimate of drug-likeness (QED) is 0.582. The van der Waals surface area contributed by atoms with Gasteiger partial charge in [-0.3, -0.25) is 4.68 Å². The third-order valence-corrected chi connectivity index (χ3v) is 5.35. The maximum absolute atomic E-state index is 12.4. The summed E-state index contributed by atoms with van der Waals surface area (Å²) in [4.78, 5) is 11.0. The predicted octanol–water partition coefficient (Wildman–Crippen LogP) is 1.89. The van der Waals surface area contributed by atoms with Crippen LogP contribution in [-0.4, -0.2) is 41.0 Å². The van der Waals surface area contributed by atoms with E-state index in [1.54, 1.807) is 18.2 Å². The van der Waals surface area contributed by atoms with Crippen molar-refractivity contribution in [2.45, 2.75) is 24.3 Å². The van der Waals surface area contributed by atoms with E-state index in [4.69, 9.17) is 5.11 Å². The zero-order valence-electron chi connectivity index (χ0n) is 13.9. The summed E-state index contributed by atoms with van der Waals surface area (Å²) < 4.78 is 28.8. The maximum atomic E-state index is 12.4. The second-order valence-corrected chi connectivity index (χ2v) is 7.55. The van der Waals surface area contributed by atoms with Crippen LogP contribution in [0.1, 0.15) is 23.3 Å². The highest BCUT2D eigenvalue weighted by Gasteiger charge is 2.13. The lowest BCUT2D eigenvalue weighted by atomic mass is 10.1. The molecule has 136 valence electrons. The van der Waals surface area contributed by atoms with Crippen LogP contribution in [0.15, 0.2) is 53.6 Å². The van der Waals surface area contributed by atoms with Crippen LogP contribution < -0.4 is 4.72 Å². The molecule has 0 atom stereocenters. The Balaban J connectivity index is 1.52. The topological polar surface area (TPSA) is 114 Å². The van der Waals surface area contributed by atoms with Gasteiger partial charge in [-0.1, -0.05) is 35.5 Å². The molecule has 0 saturated heterocycles. The normalized spacial score (nSPS) is 11.7. The van der Waals surface area contributed by atoms with Crippen LogP contribution in [0.25, 0.3) is 10.8 Å². The number of hydrogen-bond donors (Lipinski definition) is 2. The lowest BCUT2D eigenvalue weighted by molar-refractivity contribution is 0.0690. The zero-order valence-corrected chi connectivity index (χ0v) is 14.7. The van der Waals surface area contributed by atoms with E-state index in [0.717, 1.165) is 10.8 Å². The number of fused-ring (bicyclic) bond motifs is 1. The molecule has 0 spiro atoms. The van der Waals surface area contributed by atoms with Crippen LogP contribution in [0.2, 0.25) is 0 Å². The number of carboxylic acid groups (broad SMARTS) is 1. The van der Waals surface area contributed by atoms with Crippen LogP contribution in [-0.2, 0) is 16.6 Å². The Labute approximate surface area is 150 Å². The molecule has 0 fully saturated rings. The van der Waals surface area contributed by atoms with Gasteiger partial charge in [0.15, 0.2) is 5.69 Å². The number of sulfonamides is 1. The first-order valence-electron chi connectivity index (χ1n) is 8.07. The van der Waals surface area contributed by atoms with Crippen LogP contribution in [0.4, 0.5) is 0 Å². The van der Waals surface area contributed by atoms with E-state index in [-0.39, 0.29) is 17.1 Å². The van der Waals surface area contributed by atoms with Crippen molar-refractivity contribution in [3.05, 3.63) is 54.4 Å². The molecule has 0 aliphatic rings. The Kier molecular flexibility index (Phi) is 5.29. The molecule has 1 aromatic heterocycles. The van der Waals surface area contributed by atoms with E-state index in [9.17, 15) is 13.2 Å². The molecule has 3 aromatic rings. The monoisotopic (exact) mass is 374 g/mol. The maximum Gasteiger partial charge on any atom is 0.358 e. The summed E-state index contributed by atoms with van der Waals surface area (Å²) in [5.41, 5.74) is -0.109. The van der Waals surface area contributed by atoms with Gasteiger partial charge in [0, 0.05) is 13.1 Å². The average Bonchev–Trinajstić information content (AvgIpc) is 3.10. The molecule has 0 unspecified atom stereocenters. The van der Waals surface area contributed by atoms with Gasteiger partial charge < -0.3 is 5.11 Å². The second-order valence-electron chi connectivity index (χ2n) is 5.79. The summed E-state index contributed by atoms with van der Waals surface area (Å²) in [6.07, 6.45) is 2.58. The standard InChI is InChI=1S/C17H18N4O4S/c22-17(23)16-12-21(20-19-16)10-4-3-9-18-26(24,25)15-8-7-13-5-1-2-6-14(13)11-15/h1-2,5-8,11-12,18H,3-4,9-10H2,(H,22,23). The van der Waals surface area contributed by atoms with Gasteiger partial charge in [-0.05, 0) is 35.7 Å². The third-order valence-electron chi connectivity index (χ3n) is 3.90. The Bertz CT molecular complexity index is 1030. The summed E-state index contributed by atoms with van der Waals surface area (Å²) >= 11 is 0. The number of hydrogen-bond acceptors (Lipinski definition) is 5. The number of unbranched alkanes of at least 4 members (excludes halogenated alkanes) is 1. The lowest BCUT2D eigenvalue weighted by Crippen LogP contribution is -2.25. The molecule has 2 N–H and O–H groups in total. The van der Waals surface area contributed by atoms with Crippen molar-refractivity contribution < 1.29 is 18.3 Å². The van der Waals surface area contributed by atoms with E-state index in [1.807, 2.05) is 24.3 Å². The molecular weight excluding hydrogens is 356 g/mol. The molecule has 0 bridgehead atoms. The van der Waals surface area contributed by atoms with Gasteiger partial charge in [0.2, 0.25) is 10.0 Å². The number of carbonyl (C=O) groups is 1. The van der Waals surface area contributed by atoms with E-state index in [0.29, 0.717) is 19.4 Å². The van der Waals surface area contributed by atoms with Crippen LogP contribution >= 0.6 is 0 Å². The Hall–Kier alpha value is -2.78. The summed E-state index contributed by atoms with van der Waals surface area (Å²) in [5.74, 6) is -1.13. The molecule has 0 aliphatic carbocycles. The first kappa shape index (κ1) is 18.0. The van der Waals surface area contributed by atoms with E-state index in [1.165, 1.54) is 10.9 Å². The van der Waals surface area contributed by atoms with Crippen molar-refractivity contribution in [2.24, 2.45) is 0 Å². The number of carboxylic acids is 1. The van der Waals surface area contributed by atoms with E-state index >= 15 is 0 Å². The highest BCUT2D eigenvalue weighted by Crippen LogP contribution is 2.18. The number of aromatic carboxylic acids is 1. The number of nitrogens with one attached hydrogen (secondary N) is 1. The van der Waals surface area contributed by atoms with Crippen LogP contribution in [0.3, 0.4) is 0 Å². The average molecular weight is 374 g/mol. The van der Waals surface area contributed by atoms with Gasteiger partial charge in [-0.25, -0.2) is 17.9 Å². The van der Waals surface area contributed by atoms with Crippen molar-refractivity contribution in [3.8, 4) is 0 Å². The zero-order chi connectivity index (χ0) is 18.6. The van der Waals surface area contributed by atoms with Crippen molar-refractivity contribution in [1.29, 1.82) is 0 Å². The Morgan fingerprint density at radius 1 is 1.12 bits per heavy atom. The molecule has 0 radical (unpaired) electrons. The lowest BCUT2D eigenvalue weighted by Gasteiger charge is -2.08. The highest BCUT2D eigenvalue weighted by atomic mass is 32.2. The Morgan fingerprint density at radius 3 is 2.62 bits per heavy atom. The molecule has 9 heteroatoms. The smallest absolute Gasteiger partial charge is 0.358 e. The minimum atomic E-state index is -3.57. The fraction of sp³-hybridized carbons (Fsp3) is 0.235. The molecule has 0 saturated carbocycles. The van der Waals surface area contributed by atoms with Gasteiger partial charge in [-0.2, -0.15) is 0 Å². The predicted molar refractivity (Wildman–Crippen MR) is 95.4 cm³/mol. The second kappa shape index (κ2) is 7.63. The number of aryl methyl sites for hydroxylation is 1. The number of benzene rings is 2. The molecule has 3 rings (SSSR count). The molecule has 26 heavy (non-hydrogen) atoms. The molecule has 8 nitrogen and oxygen atoms in total. The van der Waals surface area contributed by atoms with Crippen molar-refractivity contribution in [1.82, 2.24) is 19.7 Å². The summed E-state index contributed by atoms with van der Waals surface area (Å²) in [6, 6.07) is 12.6. The molecular formula is C17H18N4O4S. The van der Waals surface area contributed by atoms with Crippen molar-refractivity contribution >= 4 is 26.8 Å². The van der Waals surface area contributed by atoms with Gasteiger partial charge in [-0.15, -0.1) is 5.10 Å². The van der Waals surface area contributed by atoms with Crippen LogP contribution in [0.5, 0.6) is 0 Å². The fourth-order valence-electron chi connectivity index (χ4n) is 2.53. The number of aromatic nitrogens is 3. The summed E-state index contributed by atoms with van der Waals surface area (Å²) in [6.45, 7) is 0.758. The molecule has 2 aromatic carbocycles. The number of rotatable bonds is 8. The first-order valence-corrected chi connectivity index (χ1v) is 9.56. The highest BCUT2D eigenvalue weighted by molar-refractivity contribution is 7.89. The van der Waals surface area contributed by atoms with Crippen LogP contribution in [0, 0.1) is 0 Å². The first-order chi connectivity index (χ1) is 12.5. The minimum Gasteiger partial charge on any atom is -0.476 e. The van der Waals surface area contributed by atoms with Gasteiger partial charge in [0.25, 0.3) is 0 Å². The van der Waals surface area contributed by atoms with Crippen molar-refractivity contribution in [2.75, 3.05) is 6.54 Å². The molecule has 0 aliphatic heterocycles. The largest absolute Gasteiger partial charge is 0.476 e. The van der Waals surface area contributed by atoms with Gasteiger partial charge in [0.05, 0.1) is 11.1 Å².